The zero-order valence-electron chi connectivity index (χ0n) is 18.0. The molecule has 4 aromatic rings. The summed E-state index contributed by atoms with van der Waals surface area (Å²) in [6, 6.07) is 19.5. The topological polar surface area (TPSA) is 52.8 Å². The molecule has 0 radical (unpaired) electrons. The van der Waals surface area contributed by atoms with Crippen molar-refractivity contribution in [2.24, 2.45) is 7.05 Å². The number of aromatic nitrogens is 4. The Kier molecular flexibility index (Phi) is 5.02. The van der Waals surface area contributed by atoms with Gasteiger partial charge in [-0.1, -0.05) is 48.4 Å². The molecule has 2 aromatic carbocycles. The summed E-state index contributed by atoms with van der Waals surface area (Å²) in [7, 11) is 1.93. The molecule has 0 atom stereocenters. The minimum Gasteiger partial charge on any atom is -0.487 e. The van der Waals surface area contributed by atoms with Crippen LogP contribution in [0.3, 0.4) is 0 Å². The van der Waals surface area contributed by atoms with Crippen molar-refractivity contribution in [3.05, 3.63) is 95.7 Å². The number of ether oxygens (including phenoxy) is 1. The molecule has 2 heterocycles. The van der Waals surface area contributed by atoms with Crippen molar-refractivity contribution in [3.8, 4) is 17.3 Å². The number of nitrogens with zero attached hydrogens (tertiary/aromatic N) is 4. The van der Waals surface area contributed by atoms with Crippen molar-refractivity contribution in [2.75, 3.05) is 0 Å². The van der Waals surface area contributed by atoms with Gasteiger partial charge in [0.1, 0.15) is 18.1 Å². The van der Waals surface area contributed by atoms with Crippen LogP contribution in [-0.4, -0.2) is 19.5 Å². The first-order valence-electron chi connectivity index (χ1n) is 10.7. The second-order valence-corrected chi connectivity index (χ2v) is 8.41. The van der Waals surface area contributed by atoms with Gasteiger partial charge in [0, 0.05) is 24.9 Å². The van der Waals surface area contributed by atoms with E-state index in [1.807, 2.05) is 23.9 Å². The molecule has 0 aliphatic heterocycles. The molecular weight excluding hydrogens is 384 g/mol. The van der Waals surface area contributed by atoms with Crippen LogP contribution in [0, 0.1) is 6.92 Å². The van der Waals surface area contributed by atoms with Crippen molar-refractivity contribution >= 4 is 0 Å². The maximum Gasteiger partial charge on any atom is 0.180 e. The van der Waals surface area contributed by atoms with E-state index in [-0.39, 0.29) is 5.41 Å². The summed E-state index contributed by atoms with van der Waals surface area (Å²) in [6.45, 7) is 2.53. The molecule has 5 heteroatoms. The molecule has 1 aliphatic carbocycles. The fourth-order valence-electron chi connectivity index (χ4n) is 4.30. The molecule has 0 saturated heterocycles. The highest BCUT2D eigenvalue weighted by Gasteiger charge is 2.40. The minimum atomic E-state index is 0.149. The fraction of sp³-hybridized carbons (Fsp3) is 0.269. The van der Waals surface area contributed by atoms with E-state index in [1.54, 1.807) is 12.5 Å². The first kappa shape index (κ1) is 19.5. The van der Waals surface area contributed by atoms with Crippen LogP contribution in [0.25, 0.3) is 11.5 Å². The van der Waals surface area contributed by atoms with Crippen LogP contribution >= 0.6 is 0 Å². The van der Waals surface area contributed by atoms with Gasteiger partial charge in [-0.15, -0.1) is 0 Å². The van der Waals surface area contributed by atoms with Crippen molar-refractivity contribution in [3.63, 3.8) is 0 Å². The van der Waals surface area contributed by atoms with Gasteiger partial charge in [0.25, 0.3) is 0 Å². The Morgan fingerprint density at radius 3 is 2.26 bits per heavy atom. The highest BCUT2D eigenvalue weighted by molar-refractivity contribution is 5.47. The van der Waals surface area contributed by atoms with Crippen LogP contribution in [0.15, 0.2) is 73.3 Å². The first-order chi connectivity index (χ1) is 15.1. The van der Waals surface area contributed by atoms with E-state index in [0.717, 1.165) is 17.1 Å². The normalized spacial score (nSPS) is 14.8. The van der Waals surface area contributed by atoms with E-state index in [0.29, 0.717) is 12.4 Å². The Bertz CT molecular complexity index is 1170. The average Bonchev–Trinajstić information content (AvgIpc) is 3.20. The molecule has 0 bridgehead atoms. The largest absolute Gasteiger partial charge is 0.487 e. The SMILES string of the molecule is Cc1ccc(C2(c3ccc(OCc4ccnc(-c5cn(C)cn5)n4)cc3)CCC2)cc1. The summed E-state index contributed by atoms with van der Waals surface area (Å²) in [6.07, 6.45) is 9.08. The van der Waals surface area contributed by atoms with Crippen molar-refractivity contribution < 1.29 is 4.74 Å². The van der Waals surface area contributed by atoms with Gasteiger partial charge in [0.15, 0.2) is 5.82 Å². The number of aryl methyl sites for hydroxylation is 2. The summed E-state index contributed by atoms with van der Waals surface area (Å²) in [5.74, 6) is 1.46. The second kappa shape index (κ2) is 7.99. The van der Waals surface area contributed by atoms with Gasteiger partial charge in [-0.2, -0.15) is 0 Å². The lowest BCUT2D eigenvalue weighted by Crippen LogP contribution is -2.35. The summed E-state index contributed by atoms with van der Waals surface area (Å²) in [5.41, 5.74) is 5.83. The molecule has 2 aromatic heterocycles. The van der Waals surface area contributed by atoms with Gasteiger partial charge < -0.3 is 9.30 Å². The van der Waals surface area contributed by atoms with Crippen molar-refractivity contribution in [1.82, 2.24) is 19.5 Å². The summed E-state index contributed by atoms with van der Waals surface area (Å²) in [4.78, 5) is 13.2. The molecule has 1 aliphatic rings. The molecule has 156 valence electrons. The third-order valence-electron chi connectivity index (χ3n) is 6.25. The number of benzene rings is 2. The predicted molar refractivity (Wildman–Crippen MR) is 121 cm³/mol. The molecule has 1 saturated carbocycles. The van der Waals surface area contributed by atoms with Crippen LogP contribution in [0.4, 0.5) is 0 Å². The first-order valence-corrected chi connectivity index (χ1v) is 10.7. The van der Waals surface area contributed by atoms with Crippen LogP contribution in [0.1, 0.15) is 41.6 Å². The molecule has 5 nitrogen and oxygen atoms in total. The van der Waals surface area contributed by atoms with Gasteiger partial charge in [0.2, 0.25) is 0 Å². The van der Waals surface area contributed by atoms with Crippen molar-refractivity contribution in [2.45, 2.75) is 38.2 Å². The highest BCUT2D eigenvalue weighted by atomic mass is 16.5. The van der Waals surface area contributed by atoms with Gasteiger partial charge >= 0.3 is 0 Å². The molecule has 5 rings (SSSR count). The van der Waals surface area contributed by atoms with Crippen molar-refractivity contribution in [1.29, 1.82) is 0 Å². The summed E-state index contributed by atoms with van der Waals surface area (Å²) in [5, 5.41) is 0. The molecular formula is C26H26N4O. The van der Waals surface area contributed by atoms with E-state index in [1.165, 1.54) is 36.0 Å². The molecule has 0 amide bonds. The number of rotatable bonds is 6. The Morgan fingerprint density at radius 1 is 0.935 bits per heavy atom. The van der Waals surface area contributed by atoms with E-state index >= 15 is 0 Å². The predicted octanol–water partition coefficient (Wildman–Crippen LogP) is 5.23. The molecule has 1 fully saturated rings. The van der Waals surface area contributed by atoms with Gasteiger partial charge in [-0.05, 0) is 49.1 Å². The van der Waals surface area contributed by atoms with E-state index < -0.39 is 0 Å². The summed E-state index contributed by atoms with van der Waals surface area (Å²) >= 11 is 0. The smallest absolute Gasteiger partial charge is 0.180 e. The third-order valence-corrected chi connectivity index (χ3v) is 6.25. The number of imidazole rings is 1. The molecule has 0 unspecified atom stereocenters. The zero-order chi connectivity index (χ0) is 21.3. The number of hydrogen-bond acceptors (Lipinski definition) is 4. The Labute approximate surface area is 182 Å². The van der Waals surface area contributed by atoms with Crippen LogP contribution in [0.5, 0.6) is 5.75 Å². The Balaban J connectivity index is 1.29. The second-order valence-electron chi connectivity index (χ2n) is 8.41. The zero-order valence-corrected chi connectivity index (χ0v) is 18.0. The van der Waals surface area contributed by atoms with Crippen LogP contribution < -0.4 is 4.74 Å². The van der Waals surface area contributed by atoms with Gasteiger partial charge in [-0.3, -0.25) is 0 Å². The lowest BCUT2D eigenvalue weighted by Gasteiger charge is -2.43. The maximum absolute atomic E-state index is 6.01. The summed E-state index contributed by atoms with van der Waals surface area (Å²) < 4.78 is 7.90. The van der Waals surface area contributed by atoms with Gasteiger partial charge in [0.05, 0.1) is 12.0 Å². The lowest BCUT2D eigenvalue weighted by molar-refractivity contribution is 0.294. The fourth-order valence-corrected chi connectivity index (χ4v) is 4.30. The molecule has 0 spiro atoms. The standard InChI is InChI=1S/C26H26N4O/c1-19-4-6-20(7-5-19)26(13-3-14-26)21-8-10-23(11-9-21)31-17-22-12-15-27-25(29-22)24-16-30(2)18-28-24/h4-12,15-16,18H,3,13-14,17H2,1-2H3. The quantitative estimate of drug-likeness (QED) is 0.436. The average molecular weight is 411 g/mol. The van der Waals surface area contributed by atoms with Gasteiger partial charge in [-0.25, -0.2) is 15.0 Å². The van der Waals surface area contributed by atoms with E-state index in [2.05, 4.69) is 70.4 Å². The minimum absolute atomic E-state index is 0.149. The highest BCUT2D eigenvalue weighted by Crippen LogP contribution is 2.49. The van der Waals surface area contributed by atoms with Crippen LogP contribution in [-0.2, 0) is 19.1 Å². The monoisotopic (exact) mass is 410 g/mol. The Hall–Kier alpha value is -3.47. The number of hydrogen-bond donors (Lipinski definition) is 0. The van der Waals surface area contributed by atoms with E-state index in [9.17, 15) is 0 Å². The molecule has 31 heavy (non-hydrogen) atoms. The Morgan fingerprint density at radius 2 is 1.65 bits per heavy atom. The van der Waals surface area contributed by atoms with Crippen LogP contribution in [0.2, 0.25) is 0 Å². The van der Waals surface area contributed by atoms with E-state index in [4.69, 9.17) is 4.74 Å². The maximum atomic E-state index is 6.01. The lowest BCUT2D eigenvalue weighted by atomic mass is 9.60. The third kappa shape index (κ3) is 3.83. The molecule has 0 N–H and O–H groups in total.